The molecule has 0 amide bonds. The van der Waals surface area contributed by atoms with E-state index in [1.165, 1.54) is 5.56 Å². The Kier molecular flexibility index (Phi) is 4.02. The Balaban J connectivity index is 0.000000461. The SMILES string of the molecule is C=C1CC(c2ccccc2Cl)N1.CC. The molecule has 14 heavy (non-hydrogen) atoms. The number of nitrogens with one attached hydrogen (secondary N) is 1. The van der Waals surface area contributed by atoms with E-state index in [0.29, 0.717) is 6.04 Å². The molecule has 0 saturated carbocycles. The van der Waals surface area contributed by atoms with Crippen LogP contribution in [0.2, 0.25) is 5.02 Å². The number of hydrogen-bond acceptors (Lipinski definition) is 1. The molecule has 1 nitrogen and oxygen atoms in total. The Bertz CT molecular complexity index is 312. The number of rotatable bonds is 1. The van der Waals surface area contributed by atoms with Crippen molar-refractivity contribution in [2.45, 2.75) is 26.3 Å². The minimum absolute atomic E-state index is 0.381. The molecule has 0 bridgehead atoms. The predicted octanol–water partition coefficient (Wildman–Crippen LogP) is 3.91. The predicted molar refractivity (Wildman–Crippen MR) is 62.4 cm³/mol. The largest absolute Gasteiger partial charge is 0.381 e. The van der Waals surface area contributed by atoms with E-state index in [9.17, 15) is 0 Å². The van der Waals surface area contributed by atoms with Gasteiger partial charge in [0.15, 0.2) is 0 Å². The molecule has 1 atom stereocenters. The maximum Gasteiger partial charge on any atom is 0.0579 e. The summed E-state index contributed by atoms with van der Waals surface area (Å²) in [4.78, 5) is 0. The van der Waals surface area contributed by atoms with Crippen LogP contribution in [0.5, 0.6) is 0 Å². The summed E-state index contributed by atoms with van der Waals surface area (Å²) >= 11 is 6.01. The lowest BCUT2D eigenvalue weighted by atomic mass is 9.95. The highest BCUT2D eigenvalue weighted by atomic mass is 35.5. The molecule has 1 aromatic carbocycles. The zero-order chi connectivity index (χ0) is 10.6. The van der Waals surface area contributed by atoms with Crippen molar-refractivity contribution in [2.24, 2.45) is 0 Å². The molecule has 2 rings (SSSR count). The second-order valence-corrected chi connectivity index (χ2v) is 3.43. The van der Waals surface area contributed by atoms with Gasteiger partial charge in [-0.2, -0.15) is 0 Å². The van der Waals surface area contributed by atoms with Crippen LogP contribution < -0.4 is 5.32 Å². The lowest BCUT2D eigenvalue weighted by Crippen LogP contribution is -2.32. The number of halogens is 1. The van der Waals surface area contributed by atoms with Crippen LogP contribution in [0.25, 0.3) is 0 Å². The molecule has 0 aliphatic carbocycles. The van der Waals surface area contributed by atoms with Gasteiger partial charge >= 0.3 is 0 Å². The first-order valence-electron chi connectivity index (χ1n) is 4.96. The van der Waals surface area contributed by atoms with Gasteiger partial charge in [-0.1, -0.05) is 50.2 Å². The highest BCUT2D eigenvalue weighted by molar-refractivity contribution is 6.31. The van der Waals surface area contributed by atoms with Crippen LogP contribution in [0.15, 0.2) is 36.5 Å². The zero-order valence-electron chi connectivity index (χ0n) is 8.68. The quantitative estimate of drug-likeness (QED) is 0.740. The van der Waals surface area contributed by atoms with E-state index in [0.717, 1.165) is 17.1 Å². The van der Waals surface area contributed by atoms with Crippen molar-refractivity contribution in [1.82, 2.24) is 5.32 Å². The maximum atomic E-state index is 6.01. The van der Waals surface area contributed by atoms with Gasteiger partial charge < -0.3 is 5.32 Å². The van der Waals surface area contributed by atoms with E-state index in [1.807, 2.05) is 38.1 Å². The molecule has 0 radical (unpaired) electrons. The van der Waals surface area contributed by atoms with Crippen LogP contribution in [0.3, 0.4) is 0 Å². The fourth-order valence-corrected chi connectivity index (χ4v) is 1.68. The third-order valence-corrected chi connectivity index (χ3v) is 2.45. The van der Waals surface area contributed by atoms with Crippen LogP contribution in [-0.2, 0) is 0 Å². The van der Waals surface area contributed by atoms with Crippen molar-refractivity contribution in [2.75, 3.05) is 0 Å². The van der Waals surface area contributed by atoms with Gasteiger partial charge in [0.2, 0.25) is 0 Å². The molecule has 1 fully saturated rings. The molecule has 1 aliphatic heterocycles. The lowest BCUT2D eigenvalue weighted by molar-refractivity contribution is 0.468. The van der Waals surface area contributed by atoms with E-state index in [4.69, 9.17) is 11.6 Å². The van der Waals surface area contributed by atoms with E-state index < -0.39 is 0 Å². The van der Waals surface area contributed by atoms with E-state index in [-0.39, 0.29) is 0 Å². The standard InChI is InChI=1S/C10H10ClN.C2H6/c1-7-6-10(12-7)8-4-2-3-5-9(8)11;1-2/h2-5,10,12H,1,6H2;1-2H3. The molecule has 2 heteroatoms. The second kappa shape index (κ2) is 5.06. The highest BCUT2D eigenvalue weighted by Crippen LogP contribution is 2.33. The molecular formula is C12H16ClN. The fraction of sp³-hybridized carbons (Fsp3) is 0.333. The molecule has 1 saturated heterocycles. The van der Waals surface area contributed by atoms with E-state index in [2.05, 4.69) is 11.9 Å². The Labute approximate surface area is 90.8 Å². The van der Waals surface area contributed by atoms with Gasteiger partial charge in [-0.05, 0) is 11.6 Å². The van der Waals surface area contributed by atoms with Crippen molar-refractivity contribution in [3.8, 4) is 0 Å². The Morgan fingerprint density at radius 3 is 2.43 bits per heavy atom. The molecule has 1 heterocycles. The second-order valence-electron chi connectivity index (χ2n) is 3.03. The molecule has 0 aromatic heterocycles. The van der Waals surface area contributed by atoms with Crippen molar-refractivity contribution >= 4 is 11.6 Å². The van der Waals surface area contributed by atoms with Crippen molar-refractivity contribution in [3.63, 3.8) is 0 Å². The van der Waals surface area contributed by atoms with Crippen molar-refractivity contribution in [3.05, 3.63) is 47.1 Å². The normalized spacial score (nSPS) is 18.8. The van der Waals surface area contributed by atoms with E-state index in [1.54, 1.807) is 0 Å². The summed E-state index contributed by atoms with van der Waals surface area (Å²) in [6.07, 6.45) is 1.00. The first-order valence-corrected chi connectivity index (χ1v) is 5.34. The van der Waals surface area contributed by atoms with Crippen LogP contribution in [0.1, 0.15) is 31.9 Å². The van der Waals surface area contributed by atoms with Gasteiger partial charge in [-0.25, -0.2) is 0 Å². The van der Waals surface area contributed by atoms with Gasteiger partial charge in [0.1, 0.15) is 0 Å². The Morgan fingerprint density at radius 1 is 1.36 bits per heavy atom. The minimum Gasteiger partial charge on any atom is -0.381 e. The maximum absolute atomic E-state index is 6.01. The van der Waals surface area contributed by atoms with Crippen LogP contribution >= 0.6 is 11.6 Å². The minimum atomic E-state index is 0.381. The van der Waals surface area contributed by atoms with E-state index >= 15 is 0 Å². The fourth-order valence-electron chi connectivity index (χ4n) is 1.42. The number of benzene rings is 1. The summed E-state index contributed by atoms with van der Waals surface area (Å²) in [6.45, 7) is 7.81. The van der Waals surface area contributed by atoms with Gasteiger partial charge in [0, 0.05) is 17.1 Å². The molecule has 76 valence electrons. The molecule has 1 N–H and O–H groups in total. The summed E-state index contributed by atoms with van der Waals surface area (Å²) in [5.41, 5.74) is 2.27. The average Bonchev–Trinajstić information content (AvgIpc) is 2.18. The molecule has 1 unspecified atom stereocenters. The average molecular weight is 210 g/mol. The zero-order valence-corrected chi connectivity index (χ0v) is 9.43. The van der Waals surface area contributed by atoms with Gasteiger partial charge in [0.25, 0.3) is 0 Å². The third-order valence-electron chi connectivity index (χ3n) is 2.11. The van der Waals surface area contributed by atoms with Gasteiger partial charge in [-0.3, -0.25) is 0 Å². The van der Waals surface area contributed by atoms with Crippen molar-refractivity contribution < 1.29 is 0 Å². The van der Waals surface area contributed by atoms with Crippen LogP contribution in [0.4, 0.5) is 0 Å². The highest BCUT2D eigenvalue weighted by Gasteiger charge is 2.23. The summed E-state index contributed by atoms with van der Waals surface area (Å²) in [6, 6.07) is 8.29. The summed E-state index contributed by atoms with van der Waals surface area (Å²) in [7, 11) is 0. The van der Waals surface area contributed by atoms with Crippen molar-refractivity contribution in [1.29, 1.82) is 0 Å². The third kappa shape index (κ3) is 2.30. The first kappa shape index (κ1) is 11.1. The number of hydrogen-bond donors (Lipinski definition) is 1. The van der Waals surface area contributed by atoms with Crippen LogP contribution in [-0.4, -0.2) is 0 Å². The molecule has 0 spiro atoms. The Morgan fingerprint density at radius 2 is 1.93 bits per heavy atom. The summed E-state index contributed by atoms with van der Waals surface area (Å²) < 4.78 is 0. The summed E-state index contributed by atoms with van der Waals surface area (Å²) in [5, 5.41) is 4.06. The monoisotopic (exact) mass is 209 g/mol. The van der Waals surface area contributed by atoms with Gasteiger partial charge in [-0.15, -0.1) is 0 Å². The molecular weight excluding hydrogens is 194 g/mol. The summed E-state index contributed by atoms with van der Waals surface area (Å²) in [5.74, 6) is 0. The Hall–Kier alpha value is -0.950. The smallest absolute Gasteiger partial charge is 0.0579 e. The van der Waals surface area contributed by atoms with Gasteiger partial charge in [0.05, 0.1) is 6.04 Å². The lowest BCUT2D eigenvalue weighted by Gasteiger charge is -2.32. The molecule has 1 aliphatic rings. The topological polar surface area (TPSA) is 12.0 Å². The first-order chi connectivity index (χ1) is 6.77. The molecule has 1 aromatic rings. The van der Waals surface area contributed by atoms with Crippen LogP contribution in [0, 0.1) is 0 Å².